The summed E-state index contributed by atoms with van der Waals surface area (Å²) in [6, 6.07) is 18.0. The normalized spacial score (nSPS) is 12.2. The van der Waals surface area contributed by atoms with E-state index in [9.17, 15) is 4.79 Å². The van der Waals surface area contributed by atoms with Gasteiger partial charge in [0.05, 0.1) is 10.8 Å². The minimum atomic E-state index is -0.327. The van der Waals surface area contributed by atoms with Gasteiger partial charge in [-0.05, 0) is 25.0 Å². The molecule has 1 atom stereocenters. The predicted molar refractivity (Wildman–Crippen MR) is 110 cm³/mol. The zero-order valence-electron chi connectivity index (χ0n) is 15.4. The van der Waals surface area contributed by atoms with Crippen LogP contribution in [-0.2, 0) is 11.2 Å². The van der Waals surface area contributed by atoms with Crippen LogP contribution in [0.15, 0.2) is 70.4 Å². The summed E-state index contributed by atoms with van der Waals surface area (Å²) in [6.45, 7) is 2.43. The van der Waals surface area contributed by atoms with Gasteiger partial charge in [0, 0.05) is 23.6 Å². The van der Waals surface area contributed by atoms with Crippen LogP contribution < -0.4 is 5.32 Å². The molecule has 0 fully saturated rings. The molecule has 1 amide bonds. The number of rotatable bonds is 7. The van der Waals surface area contributed by atoms with Crippen LogP contribution in [0.25, 0.3) is 22.4 Å². The Hall–Kier alpha value is -3.06. The molecular formula is C21H20N4O2S. The van der Waals surface area contributed by atoms with Crippen molar-refractivity contribution in [2.45, 2.75) is 23.8 Å². The largest absolute Gasteiger partial charge is 0.411 e. The first-order valence-corrected chi connectivity index (χ1v) is 9.97. The molecule has 0 saturated carbocycles. The summed E-state index contributed by atoms with van der Waals surface area (Å²) >= 11 is 1.26. The van der Waals surface area contributed by atoms with Crippen molar-refractivity contribution in [2.75, 3.05) is 6.54 Å². The molecule has 0 spiro atoms. The SMILES string of the molecule is C[C@@H](Sc1nnc(-c2c[nH]c3ccccc23)o1)C(=O)NCCc1ccccc1. The number of nitrogens with zero attached hydrogens (tertiary/aromatic N) is 2. The minimum Gasteiger partial charge on any atom is -0.411 e. The molecule has 28 heavy (non-hydrogen) atoms. The van der Waals surface area contributed by atoms with E-state index in [-0.39, 0.29) is 11.2 Å². The highest BCUT2D eigenvalue weighted by atomic mass is 32.2. The smallest absolute Gasteiger partial charge is 0.277 e. The number of aromatic amines is 1. The number of hydrogen-bond acceptors (Lipinski definition) is 5. The monoisotopic (exact) mass is 392 g/mol. The van der Waals surface area contributed by atoms with E-state index in [0.29, 0.717) is 17.7 Å². The van der Waals surface area contributed by atoms with Crippen molar-refractivity contribution in [1.82, 2.24) is 20.5 Å². The third-order valence-corrected chi connectivity index (χ3v) is 5.36. The van der Waals surface area contributed by atoms with Crippen LogP contribution in [-0.4, -0.2) is 32.9 Å². The van der Waals surface area contributed by atoms with Gasteiger partial charge >= 0.3 is 0 Å². The number of amides is 1. The van der Waals surface area contributed by atoms with Crippen LogP contribution in [0.4, 0.5) is 0 Å². The van der Waals surface area contributed by atoms with Gasteiger partial charge in [-0.2, -0.15) is 0 Å². The average Bonchev–Trinajstić information content (AvgIpc) is 3.35. The third-order valence-electron chi connectivity index (χ3n) is 4.43. The zero-order chi connectivity index (χ0) is 19.3. The lowest BCUT2D eigenvalue weighted by atomic mass is 10.1. The molecule has 0 saturated heterocycles. The van der Waals surface area contributed by atoms with Gasteiger partial charge in [0.15, 0.2) is 0 Å². The number of carbonyl (C=O) groups is 1. The highest BCUT2D eigenvalue weighted by molar-refractivity contribution is 8.00. The summed E-state index contributed by atoms with van der Waals surface area (Å²) in [4.78, 5) is 15.5. The maximum atomic E-state index is 12.3. The third kappa shape index (κ3) is 4.09. The summed E-state index contributed by atoms with van der Waals surface area (Å²) in [6.07, 6.45) is 2.65. The minimum absolute atomic E-state index is 0.0484. The van der Waals surface area contributed by atoms with Crippen molar-refractivity contribution in [2.24, 2.45) is 0 Å². The number of para-hydroxylation sites is 1. The molecule has 2 N–H and O–H groups in total. The zero-order valence-corrected chi connectivity index (χ0v) is 16.2. The van der Waals surface area contributed by atoms with E-state index in [1.807, 2.05) is 55.6 Å². The molecule has 0 unspecified atom stereocenters. The van der Waals surface area contributed by atoms with Gasteiger partial charge in [0.2, 0.25) is 5.91 Å². The number of hydrogen-bond donors (Lipinski definition) is 2. The number of fused-ring (bicyclic) bond motifs is 1. The topological polar surface area (TPSA) is 83.8 Å². The van der Waals surface area contributed by atoms with E-state index in [1.54, 1.807) is 0 Å². The van der Waals surface area contributed by atoms with Crippen LogP contribution in [0.3, 0.4) is 0 Å². The molecule has 0 radical (unpaired) electrons. The van der Waals surface area contributed by atoms with Crippen molar-refractivity contribution >= 4 is 28.6 Å². The summed E-state index contributed by atoms with van der Waals surface area (Å²) < 4.78 is 5.77. The van der Waals surface area contributed by atoms with Gasteiger partial charge in [-0.3, -0.25) is 4.79 Å². The molecule has 6 nitrogen and oxygen atoms in total. The number of H-pyrrole nitrogens is 1. The second kappa shape index (κ2) is 8.31. The summed E-state index contributed by atoms with van der Waals surface area (Å²) in [5.74, 6) is 0.393. The highest BCUT2D eigenvalue weighted by Gasteiger charge is 2.19. The van der Waals surface area contributed by atoms with E-state index in [2.05, 4.69) is 32.6 Å². The van der Waals surface area contributed by atoms with Crippen LogP contribution in [0, 0.1) is 0 Å². The molecule has 0 bridgehead atoms. The lowest BCUT2D eigenvalue weighted by Crippen LogP contribution is -2.32. The molecule has 4 rings (SSSR count). The number of carbonyl (C=O) groups excluding carboxylic acids is 1. The Morgan fingerprint density at radius 2 is 1.93 bits per heavy atom. The average molecular weight is 392 g/mol. The molecule has 0 aliphatic heterocycles. The van der Waals surface area contributed by atoms with Crippen LogP contribution in [0.2, 0.25) is 0 Å². The van der Waals surface area contributed by atoms with E-state index in [1.165, 1.54) is 17.3 Å². The second-order valence-corrected chi connectivity index (χ2v) is 7.70. The first-order chi connectivity index (χ1) is 13.7. The number of nitrogens with one attached hydrogen (secondary N) is 2. The Morgan fingerprint density at radius 3 is 2.79 bits per heavy atom. The quantitative estimate of drug-likeness (QED) is 0.464. The fraction of sp³-hybridized carbons (Fsp3) is 0.190. The van der Waals surface area contributed by atoms with Gasteiger partial charge in [0.1, 0.15) is 0 Å². The number of thioether (sulfide) groups is 1. The Morgan fingerprint density at radius 1 is 1.14 bits per heavy atom. The molecule has 0 aliphatic rings. The maximum Gasteiger partial charge on any atom is 0.277 e. The standard InChI is InChI=1S/C21H20N4O2S/c1-14(19(26)22-12-11-15-7-3-2-4-8-15)28-21-25-24-20(27-21)17-13-23-18-10-6-5-9-16(17)18/h2-10,13-14,23H,11-12H2,1H3,(H,22,26)/t14-/m1/s1. The Kier molecular flexibility index (Phi) is 5.43. The van der Waals surface area contributed by atoms with Gasteiger partial charge in [-0.1, -0.05) is 60.3 Å². The number of benzene rings is 2. The molecule has 142 valence electrons. The fourth-order valence-electron chi connectivity index (χ4n) is 2.94. The van der Waals surface area contributed by atoms with E-state index < -0.39 is 0 Å². The second-order valence-electron chi connectivity index (χ2n) is 6.41. The predicted octanol–water partition coefficient (Wildman–Crippen LogP) is 4.06. The van der Waals surface area contributed by atoms with Crippen molar-refractivity contribution < 1.29 is 9.21 Å². The van der Waals surface area contributed by atoms with E-state index in [0.717, 1.165) is 22.9 Å². The van der Waals surface area contributed by atoms with Crippen molar-refractivity contribution in [3.05, 3.63) is 66.4 Å². The highest BCUT2D eigenvalue weighted by Crippen LogP contribution is 2.30. The van der Waals surface area contributed by atoms with Crippen molar-refractivity contribution in [1.29, 1.82) is 0 Å². The van der Waals surface area contributed by atoms with Crippen molar-refractivity contribution in [3.63, 3.8) is 0 Å². The summed E-state index contributed by atoms with van der Waals surface area (Å²) in [7, 11) is 0. The Bertz CT molecular complexity index is 1070. The Balaban J connectivity index is 1.35. The molecule has 2 aromatic heterocycles. The molecule has 0 aliphatic carbocycles. The van der Waals surface area contributed by atoms with Gasteiger partial charge in [-0.25, -0.2) is 0 Å². The maximum absolute atomic E-state index is 12.3. The van der Waals surface area contributed by atoms with Gasteiger partial charge < -0.3 is 14.7 Å². The van der Waals surface area contributed by atoms with Gasteiger partial charge in [-0.15, -0.1) is 10.2 Å². The molecule has 2 aromatic carbocycles. The molecule has 4 aromatic rings. The lowest BCUT2D eigenvalue weighted by Gasteiger charge is -2.09. The molecule has 2 heterocycles. The van der Waals surface area contributed by atoms with Crippen LogP contribution >= 0.6 is 11.8 Å². The molecular weight excluding hydrogens is 372 g/mol. The van der Waals surface area contributed by atoms with Crippen molar-refractivity contribution in [3.8, 4) is 11.5 Å². The van der Waals surface area contributed by atoms with Crippen LogP contribution in [0.5, 0.6) is 0 Å². The summed E-state index contributed by atoms with van der Waals surface area (Å²) in [5.41, 5.74) is 3.06. The fourth-order valence-corrected chi connectivity index (χ4v) is 3.65. The van der Waals surface area contributed by atoms with Crippen LogP contribution in [0.1, 0.15) is 12.5 Å². The summed E-state index contributed by atoms with van der Waals surface area (Å²) in [5, 5.41) is 12.2. The first-order valence-electron chi connectivity index (χ1n) is 9.09. The Labute approximate surface area is 166 Å². The lowest BCUT2D eigenvalue weighted by molar-refractivity contribution is -0.120. The first kappa shape index (κ1) is 18.3. The van der Waals surface area contributed by atoms with E-state index in [4.69, 9.17) is 4.42 Å². The van der Waals surface area contributed by atoms with Gasteiger partial charge in [0.25, 0.3) is 11.1 Å². The van der Waals surface area contributed by atoms with E-state index >= 15 is 0 Å². The number of aromatic nitrogens is 3. The molecule has 7 heteroatoms.